The minimum Gasteiger partial charge on any atom is -0.480 e. The van der Waals surface area contributed by atoms with E-state index in [1.54, 1.807) is 0 Å². The van der Waals surface area contributed by atoms with Crippen LogP contribution in [-0.4, -0.2) is 63.3 Å². The quantitative estimate of drug-likeness (QED) is 0.300. The zero-order valence-electron chi connectivity index (χ0n) is 14.8. The smallest absolute Gasteiger partial charge is 0.329 e. The van der Waals surface area contributed by atoms with Crippen molar-refractivity contribution in [2.24, 2.45) is 0 Å². The van der Waals surface area contributed by atoms with Crippen molar-refractivity contribution in [1.29, 1.82) is 0 Å². The van der Waals surface area contributed by atoms with Crippen LogP contribution in [0.4, 0.5) is 0 Å². The second kappa shape index (κ2) is 18.2. The van der Waals surface area contributed by atoms with Gasteiger partial charge in [0.2, 0.25) is 0 Å². The lowest BCUT2D eigenvalue weighted by molar-refractivity contribution is -0.145. The number of ether oxygens (including phenoxy) is 4. The van der Waals surface area contributed by atoms with Gasteiger partial charge >= 0.3 is 11.9 Å². The predicted molar refractivity (Wildman–Crippen MR) is 89.0 cm³/mol. The van der Waals surface area contributed by atoms with Crippen molar-refractivity contribution in [3.8, 4) is 0 Å². The Morgan fingerprint density at radius 1 is 0.750 bits per heavy atom. The zero-order chi connectivity index (χ0) is 17.9. The number of carboxylic acids is 1. The fraction of sp³-hybridized carbons (Fsp3) is 0.882. The molecule has 0 aromatic rings. The molecule has 7 nitrogen and oxygen atoms in total. The van der Waals surface area contributed by atoms with Crippen molar-refractivity contribution in [3.63, 3.8) is 0 Å². The van der Waals surface area contributed by atoms with Crippen LogP contribution in [0.15, 0.2) is 0 Å². The zero-order valence-corrected chi connectivity index (χ0v) is 14.8. The number of carbonyl (C=O) groups excluding carboxylic acids is 1. The van der Waals surface area contributed by atoms with Gasteiger partial charge in [0, 0.05) is 6.42 Å². The van der Waals surface area contributed by atoms with Gasteiger partial charge in [-0.15, -0.1) is 0 Å². The van der Waals surface area contributed by atoms with Crippen LogP contribution in [-0.2, 0) is 28.5 Å². The molecule has 0 aromatic carbocycles. The molecular weight excluding hydrogens is 316 g/mol. The Labute approximate surface area is 144 Å². The van der Waals surface area contributed by atoms with Gasteiger partial charge < -0.3 is 24.1 Å². The second-order valence-corrected chi connectivity index (χ2v) is 5.41. The minimum atomic E-state index is -0.996. The molecule has 0 heterocycles. The molecule has 0 aliphatic rings. The molecule has 7 heteroatoms. The van der Waals surface area contributed by atoms with E-state index in [0.717, 1.165) is 12.8 Å². The third-order valence-corrected chi connectivity index (χ3v) is 3.19. The van der Waals surface area contributed by atoms with Gasteiger partial charge in [0.05, 0.1) is 33.0 Å². The molecule has 24 heavy (non-hydrogen) atoms. The number of carboxylic acid groups (broad SMARTS) is 1. The summed E-state index contributed by atoms with van der Waals surface area (Å²) in [6, 6.07) is 0. The van der Waals surface area contributed by atoms with Crippen molar-refractivity contribution >= 4 is 11.9 Å². The highest BCUT2D eigenvalue weighted by atomic mass is 16.6. The first-order valence-corrected chi connectivity index (χ1v) is 8.77. The molecule has 0 spiro atoms. The Kier molecular flexibility index (Phi) is 17.3. The highest BCUT2D eigenvalue weighted by Gasteiger charge is 2.02. The molecule has 0 bridgehead atoms. The molecule has 0 aliphatic carbocycles. The Morgan fingerprint density at radius 2 is 1.29 bits per heavy atom. The largest absolute Gasteiger partial charge is 0.480 e. The molecule has 142 valence electrons. The molecule has 0 rings (SSSR count). The summed E-state index contributed by atoms with van der Waals surface area (Å²) in [4.78, 5) is 21.6. The van der Waals surface area contributed by atoms with Crippen LogP contribution in [0.2, 0.25) is 0 Å². The molecule has 0 aromatic heterocycles. The van der Waals surface area contributed by atoms with Gasteiger partial charge in [-0.1, -0.05) is 39.0 Å². The van der Waals surface area contributed by atoms with E-state index in [1.165, 1.54) is 25.7 Å². The Bertz CT molecular complexity index is 307. The van der Waals surface area contributed by atoms with Crippen LogP contribution in [0.25, 0.3) is 0 Å². The minimum absolute atomic E-state index is 0.166. The van der Waals surface area contributed by atoms with E-state index in [9.17, 15) is 9.59 Å². The first-order chi connectivity index (χ1) is 11.7. The van der Waals surface area contributed by atoms with Gasteiger partial charge in [0.15, 0.2) is 0 Å². The molecule has 0 radical (unpaired) electrons. The standard InChI is InChI=1S/C17H32O7/c1-2-3-4-5-6-7-8-17(20)24-14-13-22-10-9-21-11-12-23-15-16(18)19/h2-15H2,1H3,(H,18,19). The average molecular weight is 348 g/mol. The van der Waals surface area contributed by atoms with Crippen LogP contribution in [0.1, 0.15) is 51.9 Å². The molecule has 0 saturated heterocycles. The number of rotatable bonds is 18. The number of aliphatic carboxylic acids is 1. The highest BCUT2D eigenvalue weighted by Crippen LogP contribution is 2.07. The van der Waals surface area contributed by atoms with E-state index in [0.29, 0.717) is 32.8 Å². The summed E-state index contributed by atoms with van der Waals surface area (Å²) < 4.78 is 20.3. The highest BCUT2D eigenvalue weighted by molar-refractivity contribution is 5.69. The molecule has 0 unspecified atom stereocenters. The number of hydrogen-bond acceptors (Lipinski definition) is 6. The van der Waals surface area contributed by atoms with Gasteiger partial charge in [0.25, 0.3) is 0 Å². The fourth-order valence-electron chi connectivity index (χ4n) is 1.94. The first kappa shape index (κ1) is 22.8. The van der Waals surface area contributed by atoms with Gasteiger partial charge in [0.1, 0.15) is 13.2 Å². The summed E-state index contributed by atoms with van der Waals surface area (Å²) in [5, 5.41) is 8.35. The predicted octanol–water partition coefficient (Wildman–Crippen LogP) is 2.41. The van der Waals surface area contributed by atoms with Gasteiger partial charge in [-0.2, -0.15) is 0 Å². The maximum absolute atomic E-state index is 11.5. The number of hydrogen-bond donors (Lipinski definition) is 1. The lowest BCUT2D eigenvalue weighted by Crippen LogP contribution is -2.15. The Hall–Kier alpha value is -1.18. The van der Waals surface area contributed by atoms with Crippen molar-refractivity contribution in [2.45, 2.75) is 51.9 Å². The van der Waals surface area contributed by atoms with E-state index in [2.05, 4.69) is 6.92 Å². The van der Waals surface area contributed by atoms with Crippen LogP contribution in [0.5, 0.6) is 0 Å². The Balaban J connectivity index is 3.15. The van der Waals surface area contributed by atoms with Crippen LogP contribution in [0, 0.1) is 0 Å². The third kappa shape index (κ3) is 18.9. The molecular formula is C17H32O7. The monoisotopic (exact) mass is 348 g/mol. The lowest BCUT2D eigenvalue weighted by atomic mass is 10.1. The summed E-state index contributed by atoms with van der Waals surface area (Å²) >= 11 is 0. The Morgan fingerprint density at radius 3 is 1.92 bits per heavy atom. The molecule has 0 aliphatic heterocycles. The van der Waals surface area contributed by atoms with Crippen molar-refractivity contribution in [2.75, 3.05) is 46.2 Å². The maximum atomic E-state index is 11.5. The van der Waals surface area contributed by atoms with Gasteiger partial charge in [-0.3, -0.25) is 4.79 Å². The topological polar surface area (TPSA) is 91.3 Å². The summed E-state index contributed by atoms with van der Waals surface area (Å²) in [5.74, 6) is -1.16. The van der Waals surface area contributed by atoms with E-state index in [4.69, 9.17) is 24.1 Å². The SMILES string of the molecule is CCCCCCCCC(=O)OCCOCCOCCOCC(=O)O. The third-order valence-electron chi connectivity index (χ3n) is 3.19. The normalized spacial score (nSPS) is 10.7. The number of carbonyl (C=O) groups is 2. The summed E-state index contributed by atoms with van der Waals surface area (Å²) in [7, 11) is 0. The van der Waals surface area contributed by atoms with Crippen molar-refractivity contribution in [1.82, 2.24) is 0 Å². The molecule has 0 atom stereocenters. The van der Waals surface area contributed by atoms with Gasteiger partial charge in [-0.05, 0) is 6.42 Å². The summed E-state index contributed by atoms with van der Waals surface area (Å²) in [5.41, 5.74) is 0. The van der Waals surface area contributed by atoms with E-state index in [1.807, 2.05) is 0 Å². The first-order valence-electron chi connectivity index (χ1n) is 8.77. The van der Waals surface area contributed by atoms with E-state index >= 15 is 0 Å². The fourth-order valence-corrected chi connectivity index (χ4v) is 1.94. The summed E-state index contributed by atoms with van der Waals surface area (Å²) in [6.07, 6.45) is 7.37. The molecule has 0 fully saturated rings. The second-order valence-electron chi connectivity index (χ2n) is 5.41. The van der Waals surface area contributed by atoms with Crippen LogP contribution >= 0.6 is 0 Å². The van der Waals surface area contributed by atoms with Crippen LogP contribution in [0.3, 0.4) is 0 Å². The maximum Gasteiger partial charge on any atom is 0.329 e. The summed E-state index contributed by atoms with van der Waals surface area (Å²) in [6.45, 7) is 3.83. The average Bonchev–Trinajstić information content (AvgIpc) is 2.55. The molecule has 0 saturated carbocycles. The van der Waals surface area contributed by atoms with E-state index < -0.39 is 5.97 Å². The van der Waals surface area contributed by atoms with Crippen molar-refractivity contribution < 1.29 is 33.6 Å². The van der Waals surface area contributed by atoms with Crippen molar-refractivity contribution in [3.05, 3.63) is 0 Å². The lowest BCUT2D eigenvalue weighted by Gasteiger charge is -2.07. The van der Waals surface area contributed by atoms with Crippen LogP contribution < -0.4 is 0 Å². The number of esters is 1. The van der Waals surface area contributed by atoms with E-state index in [-0.39, 0.29) is 25.8 Å². The van der Waals surface area contributed by atoms with Gasteiger partial charge in [-0.25, -0.2) is 4.79 Å². The number of unbranched alkanes of at least 4 members (excludes halogenated alkanes) is 5. The molecule has 1 N–H and O–H groups in total. The molecule has 0 amide bonds.